The van der Waals surface area contributed by atoms with Crippen molar-refractivity contribution in [1.82, 2.24) is 4.90 Å². The van der Waals surface area contributed by atoms with Gasteiger partial charge in [-0.15, -0.1) is 0 Å². The van der Waals surface area contributed by atoms with Gasteiger partial charge in [-0.3, -0.25) is 9.59 Å². The average molecular weight is 267 g/mol. The summed E-state index contributed by atoms with van der Waals surface area (Å²) in [5.74, 6) is 0.750. The van der Waals surface area contributed by atoms with Crippen LogP contribution >= 0.6 is 0 Å². The highest BCUT2D eigenvalue weighted by Crippen LogP contribution is 2.49. The second-order valence-corrected chi connectivity index (χ2v) is 6.14. The molecule has 0 radical (unpaired) electrons. The van der Waals surface area contributed by atoms with Gasteiger partial charge in [-0.25, -0.2) is 0 Å². The molecule has 106 valence electrons. The molecule has 3 rings (SSSR count). The lowest BCUT2D eigenvalue weighted by Crippen LogP contribution is -2.52. The Morgan fingerprint density at radius 1 is 1.26 bits per heavy atom. The monoisotopic (exact) mass is 267 g/mol. The van der Waals surface area contributed by atoms with Crippen molar-refractivity contribution in [2.45, 2.75) is 38.1 Å². The van der Waals surface area contributed by atoms with Crippen molar-refractivity contribution in [1.29, 1.82) is 0 Å². The summed E-state index contributed by atoms with van der Waals surface area (Å²) in [6, 6.07) is -0.280. The molecule has 4 unspecified atom stereocenters. The molecule has 1 heterocycles. The molecule has 5 nitrogen and oxygen atoms in total. The molecule has 0 aromatic heterocycles. The summed E-state index contributed by atoms with van der Waals surface area (Å²) >= 11 is 0. The molecule has 3 fully saturated rings. The molecule has 0 aromatic carbocycles. The van der Waals surface area contributed by atoms with Crippen molar-refractivity contribution in [3.8, 4) is 0 Å². The molecular weight excluding hydrogens is 246 g/mol. The number of fused-ring (bicyclic) bond motifs is 2. The lowest BCUT2D eigenvalue weighted by atomic mass is 9.87. The zero-order chi connectivity index (χ0) is 13.4. The lowest BCUT2D eigenvalue weighted by Gasteiger charge is -2.38. The van der Waals surface area contributed by atoms with Gasteiger partial charge in [0.25, 0.3) is 0 Å². The minimum absolute atomic E-state index is 0.00739. The average Bonchev–Trinajstić information content (AvgIpc) is 3.00. The van der Waals surface area contributed by atoms with Crippen LogP contribution in [0.25, 0.3) is 0 Å². The first kappa shape index (κ1) is 12.9. The summed E-state index contributed by atoms with van der Waals surface area (Å²) in [4.78, 5) is 25.3. The number of carbonyl (C=O) groups excluding carboxylic acids is 1. The molecule has 5 heteroatoms. The number of nitrogens with zero attached hydrogens (tertiary/aromatic N) is 1. The number of hydrogen-bond donors (Lipinski definition) is 1. The Bertz CT molecular complexity index is 384. The first-order chi connectivity index (χ1) is 9.15. The Morgan fingerprint density at radius 2 is 2.11 bits per heavy atom. The first-order valence-electron chi connectivity index (χ1n) is 7.25. The Hall–Kier alpha value is -1.10. The molecule has 1 aliphatic heterocycles. The van der Waals surface area contributed by atoms with Crippen LogP contribution in [-0.4, -0.2) is 47.7 Å². The highest BCUT2D eigenvalue weighted by atomic mass is 16.5. The van der Waals surface area contributed by atoms with Crippen LogP contribution in [-0.2, 0) is 14.3 Å². The fourth-order valence-electron chi connectivity index (χ4n) is 4.08. The predicted octanol–water partition coefficient (Wildman–Crippen LogP) is 1.12. The summed E-state index contributed by atoms with van der Waals surface area (Å²) in [5.41, 5.74) is 0. The maximum absolute atomic E-state index is 12.7. The highest BCUT2D eigenvalue weighted by Gasteiger charge is 2.45. The number of ether oxygens (including phenoxy) is 1. The van der Waals surface area contributed by atoms with Crippen molar-refractivity contribution in [2.75, 3.05) is 19.8 Å². The number of carboxylic acid groups (broad SMARTS) is 1. The van der Waals surface area contributed by atoms with Crippen molar-refractivity contribution >= 4 is 11.9 Å². The van der Waals surface area contributed by atoms with Crippen molar-refractivity contribution in [2.24, 2.45) is 17.8 Å². The molecular formula is C14H21NO4. The van der Waals surface area contributed by atoms with Gasteiger partial charge in [-0.05, 0) is 31.1 Å². The van der Waals surface area contributed by atoms with Crippen LogP contribution in [0.4, 0.5) is 0 Å². The third-order valence-electron chi connectivity index (χ3n) is 4.98. The lowest BCUT2D eigenvalue weighted by molar-refractivity contribution is -0.150. The Kier molecular flexibility index (Phi) is 3.48. The molecule has 1 saturated heterocycles. The molecule has 2 bridgehead atoms. The smallest absolute Gasteiger partial charge is 0.305 e. The van der Waals surface area contributed by atoms with Gasteiger partial charge >= 0.3 is 5.97 Å². The second kappa shape index (κ2) is 5.12. The van der Waals surface area contributed by atoms with Crippen LogP contribution in [0.3, 0.4) is 0 Å². The fraction of sp³-hybridized carbons (Fsp3) is 0.857. The van der Waals surface area contributed by atoms with Gasteiger partial charge < -0.3 is 14.7 Å². The van der Waals surface area contributed by atoms with Gasteiger partial charge in [0.2, 0.25) is 5.91 Å². The minimum atomic E-state index is -0.860. The van der Waals surface area contributed by atoms with E-state index in [-0.39, 0.29) is 24.3 Å². The van der Waals surface area contributed by atoms with Crippen LogP contribution in [0.1, 0.15) is 32.1 Å². The highest BCUT2D eigenvalue weighted by molar-refractivity contribution is 5.81. The molecule has 0 aromatic rings. The van der Waals surface area contributed by atoms with Crippen LogP contribution in [0.2, 0.25) is 0 Å². The summed E-state index contributed by atoms with van der Waals surface area (Å²) < 4.78 is 5.33. The minimum Gasteiger partial charge on any atom is -0.481 e. The zero-order valence-electron chi connectivity index (χ0n) is 11.1. The van der Waals surface area contributed by atoms with Gasteiger partial charge in [0, 0.05) is 12.5 Å². The van der Waals surface area contributed by atoms with Crippen molar-refractivity contribution in [3.05, 3.63) is 0 Å². The summed E-state index contributed by atoms with van der Waals surface area (Å²) in [6.07, 6.45) is 4.66. The Morgan fingerprint density at radius 3 is 2.74 bits per heavy atom. The second-order valence-electron chi connectivity index (χ2n) is 6.14. The SMILES string of the molecule is O=C(O)CC1COCCN1C(=O)C1CC2CCC1C2. The molecule has 4 atom stereocenters. The van der Waals surface area contributed by atoms with Gasteiger partial charge in [0.1, 0.15) is 0 Å². The van der Waals surface area contributed by atoms with E-state index in [1.165, 1.54) is 19.3 Å². The maximum atomic E-state index is 12.7. The topological polar surface area (TPSA) is 66.8 Å². The van der Waals surface area contributed by atoms with E-state index in [1.54, 1.807) is 4.90 Å². The summed E-state index contributed by atoms with van der Waals surface area (Å²) in [7, 11) is 0. The molecule has 3 aliphatic rings. The number of carbonyl (C=O) groups is 2. The first-order valence-corrected chi connectivity index (χ1v) is 7.25. The summed E-state index contributed by atoms with van der Waals surface area (Å²) in [5, 5.41) is 8.94. The number of rotatable bonds is 3. The van der Waals surface area contributed by atoms with Gasteiger partial charge in [-0.1, -0.05) is 6.42 Å². The van der Waals surface area contributed by atoms with E-state index < -0.39 is 5.97 Å². The molecule has 2 aliphatic carbocycles. The molecule has 0 spiro atoms. The van der Waals surface area contributed by atoms with E-state index in [2.05, 4.69) is 0 Å². The largest absolute Gasteiger partial charge is 0.481 e. The van der Waals surface area contributed by atoms with Gasteiger partial charge in [0.15, 0.2) is 0 Å². The van der Waals surface area contributed by atoms with E-state index in [0.29, 0.717) is 25.7 Å². The fourth-order valence-corrected chi connectivity index (χ4v) is 4.08. The van der Waals surface area contributed by atoms with Crippen LogP contribution in [0, 0.1) is 17.8 Å². The maximum Gasteiger partial charge on any atom is 0.305 e. The van der Waals surface area contributed by atoms with Crippen LogP contribution < -0.4 is 0 Å². The Balaban J connectivity index is 1.68. The molecule has 1 amide bonds. The predicted molar refractivity (Wildman–Crippen MR) is 67.5 cm³/mol. The third-order valence-corrected chi connectivity index (χ3v) is 4.98. The van der Waals surface area contributed by atoms with E-state index in [4.69, 9.17) is 9.84 Å². The van der Waals surface area contributed by atoms with Crippen molar-refractivity contribution in [3.63, 3.8) is 0 Å². The number of hydrogen-bond acceptors (Lipinski definition) is 3. The number of morpholine rings is 1. The van der Waals surface area contributed by atoms with Crippen LogP contribution in [0.15, 0.2) is 0 Å². The van der Waals surface area contributed by atoms with Crippen LogP contribution in [0.5, 0.6) is 0 Å². The number of amides is 1. The normalized spacial score (nSPS) is 37.6. The van der Waals surface area contributed by atoms with Gasteiger partial charge in [-0.2, -0.15) is 0 Å². The number of aliphatic carboxylic acids is 1. The third kappa shape index (κ3) is 2.48. The number of carboxylic acids is 1. The molecule has 2 saturated carbocycles. The van der Waals surface area contributed by atoms with E-state index in [9.17, 15) is 9.59 Å². The van der Waals surface area contributed by atoms with E-state index in [0.717, 1.165) is 12.3 Å². The Labute approximate surface area is 112 Å². The van der Waals surface area contributed by atoms with E-state index in [1.807, 2.05) is 0 Å². The molecule has 1 N–H and O–H groups in total. The van der Waals surface area contributed by atoms with Gasteiger partial charge in [0.05, 0.1) is 25.7 Å². The summed E-state index contributed by atoms with van der Waals surface area (Å²) in [6.45, 7) is 1.44. The van der Waals surface area contributed by atoms with E-state index >= 15 is 0 Å². The standard InChI is InChI=1S/C14H21NO4/c16-13(17)7-11-8-19-4-3-15(11)14(18)12-6-9-1-2-10(12)5-9/h9-12H,1-8H2,(H,16,17). The zero-order valence-corrected chi connectivity index (χ0v) is 11.1. The quantitative estimate of drug-likeness (QED) is 0.832. The molecule has 19 heavy (non-hydrogen) atoms. The van der Waals surface area contributed by atoms with Crippen molar-refractivity contribution < 1.29 is 19.4 Å².